The number of fused-ring (bicyclic) bond motifs is 1. The second kappa shape index (κ2) is 5.74. The lowest BCUT2D eigenvalue weighted by Crippen LogP contribution is -2.52. The fourth-order valence-corrected chi connectivity index (χ4v) is 3.56. The molecule has 0 saturated carbocycles. The molecule has 4 nitrogen and oxygen atoms in total. The maximum absolute atomic E-state index is 11.6. The van der Waals surface area contributed by atoms with E-state index < -0.39 is 0 Å². The number of amides is 2. The maximum atomic E-state index is 11.6. The van der Waals surface area contributed by atoms with E-state index in [2.05, 4.69) is 57.3 Å². The van der Waals surface area contributed by atoms with Gasteiger partial charge in [-0.3, -0.25) is 4.90 Å². The largest absolute Gasteiger partial charge is 0.336 e. The van der Waals surface area contributed by atoms with E-state index in [1.807, 2.05) is 4.90 Å². The summed E-state index contributed by atoms with van der Waals surface area (Å²) in [6, 6.07) is 8.99. The predicted octanol–water partition coefficient (Wildman–Crippen LogP) is 2.26. The minimum Gasteiger partial charge on any atom is -0.336 e. The van der Waals surface area contributed by atoms with Crippen molar-refractivity contribution in [2.45, 2.75) is 18.9 Å². The molecule has 0 spiro atoms. The van der Waals surface area contributed by atoms with Crippen molar-refractivity contribution in [2.24, 2.45) is 0 Å². The van der Waals surface area contributed by atoms with Crippen LogP contribution in [-0.4, -0.2) is 54.6 Å². The molecule has 5 heteroatoms. The fourth-order valence-electron chi connectivity index (χ4n) is 3.14. The van der Waals surface area contributed by atoms with E-state index in [1.165, 1.54) is 5.56 Å². The molecular formula is C15H20BrN3O. The number of carbonyl (C=O) groups is 1. The number of rotatable bonds is 3. The molecule has 1 N–H and O–H groups in total. The molecule has 3 rings (SSSR count). The van der Waals surface area contributed by atoms with E-state index >= 15 is 0 Å². The van der Waals surface area contributed by atoms with Gasteiger partial charge < -0.3 is 10.2 Å². The first-order valence-corrected chi connectivity index (χ1v) is 7.95. The van der Waals surface area contributed by atoms with E-state index in [0.717, 1.165) is 37.2 Å². The van der Waals surface area contributed by atoms with Crippen LogP contribution in [0.4, 0.5) is 4.79 Å². The predicted molar refractivity (Wildman–Crippen MR) is 82.9 cm³/mol. The summed E-state index contributed by atoms with van der Waals surface area (Å²) in [7, 11) is 0. The number of piperazine rings is 1. The quantitative estimate of drug-likeness (QED) is 0.918. The average Bonchev–Trinajstić information content (AvgIpc) is 2.80. The number of carbonyl (C=O) groups excluding carboxylic acids is 1. The summed E-state index contributed by atoms with van der Waals surface area (Å²) in [6.07, 6.45) is 0. The molecule has 20 heavy (non-hydrogen) atoms. The van der Waals surface area contributed by atoms with Crippen LogP contribution in [0.25, 0.3) is 0 Å². The monoisotopic (exact) mass is 337 g/mol. The van der Waals surface area contributed by atoms with Crippen molar-refractivity contribution in [3.63, 3.8) is 0 Å². The van der Waals surface area contributed by atoms with Crippen LogP contribution in [0.3, 0.4) is 0 Å². The molecule has 0 bridgehead atoms. The zero-order valence-electron chi connectivity index (χ0n) is 11.7. The number of halogens is 1. The molecular weight excluding hydrogens is 318 g/mol. The van der Waals surface area contributed by atoms with Crippen LogP contribution in [0, 0.1) is 0 Å². The van der Waals surface area contributed by atoms with Gasteiger partial charge in [-0.05, 0) is 23.6 Å². The van der Waals surface area contributed by atoms with Gasteiger partial charge in [-0.1, -0.05) is 35.0 Å². The Morgan fingerprint density at radius 3 is 3.10 bits per heavy atom. The maximum Gasteiger partial charge on any atom is 0.317 e. The molecule has 0 aromatic heterocycles. The molecule has 0 radical (unpaired) electrons. The molecule has 2 saturated heterocycles. The molecule has 1 aromatic carbocycles. The lowest BCUT2D eigenvalue weighted by atomic mass is 10.00. The number of hydrogen-bond donors (Lipinski definition) is 1. The Hall–Kier alpha value is -1.07. The van der Waals surface area contributed by atoms with Crippen LogP contribution in [-0.2, 0) is 0 Å². The van der Waals surface area contributed by atoms with Gasteiger partial charge in [0.25, 0.3) is 0 Å². The van der Waals surface area contributed by atoms with Gasteiger partial charge in [-0.2, -0.15) is 0 Å². The van der Waals surface area contributed by atoms with Crippen LogP contribution in [0.15, 0.2) is 28.7 Å². The first kappa shape index (κ1) is 13.9. The number of hydrogen-bond acceptors (Lipinski definition) is 2. The zero-order chi connectivity index (χ0) is 14.1. The Labute approximate surface area is 128 Å². The summed E-state index contributed by atoms with van der Waals surface area (Å²) < 4.78 is 1.14. The Kier molecular flexibility index (Phi) is 3.98. The summed E-state index contributed by atoms with van der Waals surface area (Å²) in [5, 5.41) is 2.93. The van der Waals surface area contributed by atoms with E-state index in [9.17, 15) is 4.79 Å². The van der Waals surface area contributed by atoms with Gasteiger partial charge in [-0.15, -0.1) is 0 Å². The Morgan fingerprint density at radius 2 is 2.30 bits per heavy atom. The van der Waals surface area contributed by atoms with Crippen LogP contribution >= 0.6 is 15.9 Å². The molecule has 2 aliphatic rings. The van der Waals surface area contributed by atoms with Crippen LogP contribution in [0.1, 0.15) is 18.4 Å². The summed E-state index contributed by atoms with van der Waals surface area (Å²) >= 11 is 3.53. The normalized spacial score (nSPS) is 24.4. The van der Waals surface area contributed by atoms with Crippen molar-refractivity contribution >= 4 is 22.0 Å². The first-order valence-electron chi connectivity index (χ1n) is 7.16. The third kappa shape index (κ3) is 2.83. The van der Waals surface area contributed by atoms with E-state index in [1.54, 1.807) is 0 Å². The van der Waals surface area contributed by atoms with Gasteiger partial charge in [0.2, 0.25) is 0 Å². The van der Waals surface area contributed by atoms with Crippen molar-refractivity contribution < 1.29 is 4.79 Å². The van der Waals surface area contributed by atoms with Gasteiger partial charge in [0.1, 0.15) is 0 Å². The van der Waals surface area contributed by atoms with Crippen LogP contribution < -0.4 is 5.32 Å². The smallest absolute Gasteiger partial charge is 0.317 e. The minimum absolute atomic E-state index is 0.106. The SMILES string of the molecule is C[C@@H](CN1CCN2C(=O)NC[C@@H]2C1)c1cccc(Br)c1. The van der Waals surface area contributed by atoms with E-state index in [0.29, 0.717) is 12.0 Å². The standard InChI is InChI=1S/C15H20BrN3O/c1-11(12-3-2-4-13(16)7-12)9-18-5-6-19-14(10-18)8-17-15(19)20/h2-4,7,11,14H,5-6,8-10H2,1H3,(H,17,20)/t11-,14+/m0/s1. The zero-order valence-corrected chi connectivity index (χ0v) is 13.3. The second-order valence-corrected chi connectivity index (χ2v) is 6.66. The molecule has 2 atom stereocenters. The molecule has 2 fully saturated rings. The van der Waals surface area contributed by atoms with Gasteiger partial charge in [0.05, 0.1) is 6.04 Å². The summed E-state index contributed by atoms with van der Waals surface area (Å²) in [4.78, 5) is 16.0. The molecule has 2 heterocycles. The fraction of sp³-hybridized carbons (Fsp3) is 0.533. The van der Waals surface area contributed by atoms with Crippen LogP contribution in [0.2, 0.25) is 0 Å². The molecule has 0 unspecified atom stereocenters. The van der Waals surface area contributed by atoms with E-state index in [4.69, 9.17) is 0 Å². The molecule has 2 amide bonds. The Morgan fingerprint density at radius 1 is 1.45 bits per heavy atom. The summed E-state index contributed by atoms with van der Waals surface area (Å²) in [5.41, 5.74) is 1.36. The highest BCUT2D eigenvalue weighted by molar-refractivity contribution is 9.10. The average molecular weight is 338 g/mol. The third-order valence-corrected chi connectivity index (χ3v) is 4.76. The summed E-state index contributed by atoms with van der Waals surface area (Å²) in [5.74, 6) is 0.504. The van der Waals surface area contributed by atoms with Gasteiger partial charge >= 0.3 is 6.03 Å². The third-order valence-electron chi connectivity index (χ3n) is 4.27. The molecule has 0 aliphatic carbocycles. The van der Waals surface area contributed by atoms with Crippen molar-refractivity contribution in [1.29, 1.82) is 0 Å². The highest BCUT2D eigenvalue weighted by Crippen LogP contribution is 2.22. The van der Waals surface area contributed by atoms with Gasteiger partial charge in [0.15, 0.2) is 0 Å². The van der Waals surface area contributed by atoms with Gasteiger partial charge in [-0.25, -0.2) is 4.79 Å². The first-order chi connectivity index (χ1) is 9.63. The lowest BCUT2D eigenvalue weighted by Gasteiger charge is -2.37. The van der Waals surface area contributed by atoms with Crippen molar-refractivity contribution in [2.75, 3.05) is 32.7 Å². The topological polar surface area (TPSA) is 35.6 Å². The molecule has 1 aromatic rings. The molecule has 2 aliphatic heterocycles. The number of benzene rings is 1. The summed E-state index contributed by atoms with van der Waals surface area (Å²) in [6.45, 7) is 6.92. The van der Waals surface area contributed by atoms with Crippen LogP contribution in [0.5, 0.6) is 0 Å². The molecule has 108 valence electrons. The van der Waals surface area contributed by atoms with Crippen molar-refractivity contribution in [3.8, 4) is 0 Å². The van der Waals surface area contributed by atoms with Crippen molar-refractivity contribution in [3.05, 3.63) is 34.3 Å². The van der Waals surface area contributed by atoms with E-state index in [-0.39, 0.29) is 6.03 Å². The second-order valence-electron chi connectivity index (χ2n) is 5.75. The highest BCUT2D eigenvalue weighted by Gasteiger charge is 2.35. The Balaban J connectivity index is 1.60. The Bertz CT molecular complexity index is 508. The van der Waals surface area contributed by atoms with Crippen molar-refractivity contribution in [1.82, 2.24) is 15.1 Å². The highest BCUT2D eigenvalue weighted by atomic mass is 79.9. The number of nitrogens with zero attached hydrogens (tertiary/aromatic N) is 2. The lowest BCUT2D eigenvalue weighted by molar-refractivity contribution is 0.117. The van der Waals surface area contributed by atoms with Gasteiger partial charge in [0, 0.05) is 37.2 Å². The number of urea groups is 1. The minimum atomic E-state index is 0.106. The number of nitrogens with one attached hydrogen (secondary N) is 1.